The number of imidazole rings is 2. The van der Waals surface area contributed by atoms with E-state index < -0.39 is 0 Å². The second kappa shape index (κ2) is 20.4. The van der Waals surface area contributed by atoms with Gasteiger partial charge in [0.25, 0.3) is 0 Å². The van der Waals surface area contributed by atoms with E-state index in [1.165, 1.54) is 115 Å². The minimum atomic E-state index is 0.228. The molecule has 4 saturated heterocycles. The normalized spacial score (nSPS) is 20.5. The summed E-state index contributed by atoms with van der Waals surface area (Å²) in [5, 5.41) is 8.81. The summed E-state index contributed by atoms with van der Waals surface area (Å²) in [7, 11) is 0. The Labute approximate surface area is 414 Å². The van der Waals surface area contributed by atoms with E-state index in [0.717, 1.165) is 82.5 Å². The van der Waals surface area contributed by atoms with Crippen molar-refractivity contribution in [1.29, 1.82) is 0 Å². The number of hydrogen-bond acceptors (Lipinski definition) is 12. The highest BCUT2D eigenvalue weighted by Crippen LogP contribution is 2.40. The first-order valence-electron chi connectivity index (χ1n) is 26.6. The largest absolute Gasteiger partial charge is 0.491 e. The third kappa shape index (κ3) is 9.44. The van der Waals surface area contributed by atoms with Gasteiger partial charge in [0.1, 0.15) is 60.4 Å². The average Bonchev–Trinajstić information content (AvgIpc) is 4.25. The van der Waals surface area contributed by atoms with Gasteiger partial charge in [-0.05, 0) is 154 Å². The highest BCUT2D eigenvalue weighted by molar-refractivity contribution is 5.70. The fourth-order valence-electron chi connectivity index (χ4n) is 12.1. The van der Waals surface area contributed by atoms with Gasteiger partial charge in [-0.25, -0.2) is 29.3 Å². The predicted octanol–water partition coefficient (Wildman–Crippen LogP) is 8.81. The number of ether oxygens (including phenoxy) is 2. The van der Waals surface area contributed by atoms with Crippen LogP contribution in [0.3, 0.4) is 0 Å². The molecular formula is C54H74N14O2. The molecule has 0 unspecified atom stereocenters. The van der Waals surface area contributed by atoms with Crippen LogP contribution in [0.1, 0.15) is 128 Å². The Balaban J connectivity index is 0.000000152. The standard InChI is InChI=1S/2C27H37N7O/c2*1-19(2)34-27(28-18-29-34)24-17-33-14-15-35-25-7-6-21(16-23(25)26(33)30-24)20(3)31-12-8-22(9-13-31)32-10-4-5-11-32/h2*6-7,16-20,22H,4-5,8-15H2,1-3H3/t2*20-/m10/s1. The van der Waals surface area contributed by atoms with Gasteiger partial charge in [0, 0.05) is 74.8 Å². The molecule has 16 nitrogen and oxygen atoms in total. The van der Waals surface area contributed by atoms with Crippen LogP contribution in [0.5, 0.6) is 11.5 Å². The Hall–Kier alpha value is -5.42. The van der Waals surface area contributed by atoms with Crippen LogP contribution >= 0.6 is 0 Å². The molecule has 6 aliphatic rings. The number of hydrogen-bond donors (Lipinski definition) is 0. The maximum atomic E-state index is 6.12. The summed E-state index contributed by atoms with van der Waals surface area (Å²) in [5.74, 6) is 5.35. The topological polar surface area (TPSA) is 128 Å². The molecule has 70 heavy (non-hydrogen) atoms. The lowest BCUT2D eigenvalue weighted by molar-refractivity contribution is 0.102. The number of aromatic nitrogens is 10. The van der Waals surface area contributed by atoms with Gasteiger partial charge < -0.3 is 28.4 Å². The molecule has 0 bridgehead atoms. The number of likely N-dealkylation sites (tertiary alicyclic amines) is 4. The summed E-state index contributed by atoms with van der Waals surface area (Å²) < 4.78 is 20.5. The molecule has 0 aliphatic carbocycles. The van der Waals surface area contributed by atoms with Crippen LogP contribution in [-0.4, -0.2) is 146 Å². The lowest BCUT2D eigenvalue weighted by Gasteiger charge is -2.39. The molecule has 0 N–H and O–H groups in total. The van der Waals surface area contributed by atoms with Crippen LogP contribution in [0.2, 0.25) is 0 Å². The van der Waals surface area contributed by atoms with Crippen LogP contribution in [0.15, 0.2) is 61.4 Å². The highest BCUT2D eigenvalue weighted by Gasteiger charge is 2.32. The Morgan fingerprint density at radius 3 is 1.27 bits per heavy atom. The van der Waals surface area contributed by atoms with Crippen LogP contribution in [0.4, 0.5) is 0 Å². The second-order valence-corrected chi connectivity index (χ2v) is 21.1. The lowest BCUT2D eigenvalue weighted by atomic mass is 9.98. The van der Waals surface area contributed by atoms with E-state index in [0.29, 0.717) is 25.3 Å². The zero-order valence-corrected chi connectivity index (χ0v) is 42.5. The van der Waals surface area contributed by atoms with Gasteiger partial charge in [0.15, 0.2) is 11.6 Å². The minimum Gasteiger partial charge on any atom is -0.491 e. The number of nitrogens with zero attached hydrogens (tertiary/aromatic N) is 14. The van der Waals surface area contributed by atoms with Crippen molar-refractivity contribution in [3.63, 3.8) is 0 Å². The third-order valence-electron chi connectivity index (χ3n) is 16.2. The van der Waals surface area contributed by atoms with Gasteiger partial charge in [0.05, 0.1) is 24.2 Å². The van der Waals surface area contributed by atoms with Gasteiger partial charge in [0.2, 0.25) is 0 Å². The van der Waals surface area contributed by atoms with Crippen molar-refractivity contribution in [2.75, 3.05) is 65.6 Å². The number of benzene rings is 2. The van der Waals surface area contributed by atoms with Gasteiger partial charge in [-0.2, -0.15) is 10.2 Å². The zero-order chi connectivity index (χ0) is 47.9. The maximum Gasteiger partial charge on any atom is 0.178 e. The van der Waals surface area contributed by atoms with Crippen molar-refractivity contribution < 1.29 is 9.47 Å². The number of fused-ring (bicyclic) bond motifs is 6. The van der Waals surface area contributed by atoms with Crippen LogP contribution in [0.25, 0.3) is 45.8 Å². The molecule has 4 aromatic heterocycles. The van der Waals surface area contributed by atoms with Crippen molar-refractivity contribution in [3.8, 4) is 57.3 Å². The van der Waals surface area contributed by atoms with E-state index in [1.807, 2.05) is 9.36 Å². The van der Waals surface area contributed by atoms with Gasteiger partial charge >= 0.3 is 0 Å². The van der Waals surface area contributed by atoms with Crippen molar-refractivity contribution in [3.05, 3.63) is 72.6 Å². The smallest absolute Gasteiger partial charge is 0.178 e. The molecule has 372 valence electrons. The zero-order valence-electron chi connectivity index (χ0n) is 42.5. The minimum absolute atomic E-state index is 0.228. The molecule has 0 radical (unpaired) electrons. The summed E-state index contributed by atoms with van der Waals surface area (Å²) >= 11 is 0. The van der Waals surface area contributed by atoms with Gasteiger partial charge in [-0.1, -0.05) is 12.1 Å². The first-order valence-corrected chi connectivity index (χ1v) is 26.6. The van der Waals surface area contributed by atoms with Crippen LogP contribution < -0.4 is 9.47 Å². The molecule has 16 heteroatoms. The van der Waals surface area contributed by atoms with E-state index in [-0.39, 0.29) is 12.1 Å². The Morgan fingerprint density at radius 1 is 0.486 bits per heavy atom. The molecule has 2 atom stereocenters. The number of piperidine rings is 2. The summed E-state index contributed by atoms with van der Waals surface area (Å²) in [5.41, 5.74) is 6.52. The summed E-state index contributed by atoms with van der Waals surface area (Å²) in [6, 6.07) is 16.1. The molecule has 2 aromatic carbocycles. The monoisotopic (exact) mass is 951 g/mol. The predicted molar refractivity (Wildman–Crippen MR) is 273 cm³/mol. The van der Waals surface area contributed by atoms with Crippen molar-refractivity contribution >= 4 is 0 Å². The summed E-state index contributed by atoms with van der Waals surface area (Å²) in [6.45, 7) is 25.8. The molecule has 0 saturated carbocycles. The fourth-order valence-corrected chi connectivity index (χ4v) is 12.1. The molecule has 12 rings (SSSR count). The van der Waals surface area contributed by atoms with Crippen LogP contribution in [0, 0.1) is 0 Å². The van der Waals surface area contributed by atoms with E-state index >= 15 is 0 Å². The van der Waals surface area contributed by atoms with Gasteiger partial charge in [-0.15, -0.1) is 0 Å². The Morgan fingerprint density at radius 2 is 0.886 bits per heavy atom. The molecule has 10 heterocycles. The van der Waals surface area contributed by atoms with Crippen molar-refractivity contribution in [1.82, 2.24) is 68.2 Å². The van der Waals surface area contributed by atoms with Crippen LogP contribution in [-0.2, 0) is 13.1 Å². The van der Waals surface area contributed by atoms with Crippen molar-refractivity contribution in [2.24, 2.45) is 0 Å². The van der Waals surface area contributed by atoms with E-state index in [1.54, 1.807) is 12.7 Å². The molecule has 6 aliphatic heterocycles. The first kappa shape index (κ1) is 46.9. The Bertz CT molecular complexity index is 2520. The van der Waals surface area contributed by atoms with E-state index in [9.17, 15) is 0 Å². The lowest BCUT2D eigenvalue weighted by Crippen LogP contribution is -2.44. The molecule has 0 spiro atoms. The highest BCUT2D eigenvalue weighted by atomic mass is 16.5. The summed E-state index contributed by atoms with van der Waals surface area (Å²) in [4.78, 5) is 29.8. The maximum absolute atomic E-state index is 6.12. The number of rotatable bonds is 10. The fraction of sp³-hybridized carbons (Fsp3) is 0.593. The third-order valence-corrected chi connectivity index (χ3v) is 16.2. The van der Waals surface area contributed by atoms with Crippen molar-refractivity contribution in [2.45, 2.75) is 142 Å². The van der Waals surface area contributed by atoms with E-state index in [2.05, 4.69) is 139 Å². The first-order chi connectivity index (χ1) is 34.2. The molecule has 6 aromatic rings. The molecular weight excluding hydrogens is 877 g/mol. The SMILES string of the molecule is CC(C)n1ncnc1-c1cn2c(n1)-c1cc([C@@H](C)N3CCC(N4CCCC4)CC3)ccc1OCC2.CC(C)n1ncnc1-c1cn2c(n1)-c1cc([C@H](C)N3CCC(N4CCCC4)CC3)ccc1OCC2. The second-order valence-electron chi connectivity index (χ2n) is 21.1. The average molecular weight is 951 g/mol. The molecule has 0 amide bonds. The molecule has 4 fully saturated rings. The quantitative estimate of drug-likeness (QED) is 0.130. The van der Waals surface area contributed by atoms with E-state index in [4.69, 9.17) is 19.4 Å². The summed E-state index contributed by atoms with van der Waals surface area (Å²) in [6.07, 6.45) is 18.0. The van der Waals surface area contributed by atoms with Gasteiger partial charge in [-0.3, -0.25) is 9.80 Å². The Kier molecular flexibility index (Phi) is 13.7.